The zero-order valence-electron chi connectivity index (χ0n) is 23.4. The molecule has 0 amide bonds. The van der Waals surface area contributed by atoms with Crippen molar-refractivity contribution in [2.75, 3.05) is 6.61 Å². The first kappa shape index (κ1) is 27.3. The molecule has 0 saturated carbocycles. The molecule has 8 nitrogen and oxygen atoms in total. The Morgan fingerprint density at radius 1 is 0.929 bits per heavy atom. The first-order chi connectivity index (χ1) is 20.5. The number of nitrogens with zero attached hydrogens (tertiary/aromatic N) is 5. The minimum absolute atomic E-state index is 0.233. The fraction of sp³-hybridized carbons (Fsp3) is 0.182. The summed E-state index contributed by atoms with van der Waals surface area (Å²) in [5, 5.41) is 9.29. The van der Waals surface area contributed by atoms with Crippen LogP contribution in [0.5, 0.6) is 5.75 Å². The van der Waals surface area contributed by atoms with Gasteiger partial charge in [-0.3, -0.25) is 9.59 Å². The molecule has 0 N–H and O–H groups in total. The molecule has 0 fully saturated rings. The van der Waals surface area contributed by atoms with Gasteiger partial charge in [0.05, 0.1) is 16.8 Å². The van der Waals surface area contributed by atoms with E-state index in [4.69, 9.17) is 9.84 Å². The van der Waals surface area contributed by atoms with Crippen molar-refractivity contribution < 1.29 is 4.74 Å². The maximum absolute atomic E-state index is 13.5. The maximum Gasteiger partial charge on any atom is 0.296 e. The molecule has 0 aliphatic rings. The minimum Gasteiger partial charge on any atom is -0.494 e. The largest absolute Gasteiger partial charge is 0.494 e. The Morgan fingerprint density at radius 3 is 2.43 bits per heavy atom. The molecule has 3 aromatic carbocycles. The highest BCUT2D eigenvalue weighted by molar-refractivity contribution is 7.15. The smallest absolute Gasteiger partial charge is 0.296 e. The summed E-state index contributed by atoms with van der Waals surface area (Å²) in [4.78, 5) is 30.7. The van der Waals surface area contributed by atoms with Gasteiger partial charge in [-0.2, -0.15) is 19.7 Å². The average molecular weight is 576 g/mol. The van der Waals surface area contributed by atoms with Gasteiger partial charge in [0.15, 0.2) is 0 Å². The van der Waals surface area contributed by atoms with Crippen LogP contribution in [0.4, 0.5) is 0 Å². The van der Waals surface area contributed by atoms with E-state index in [1.54, 1.807) is 10.8 Å². The van der Waals surface area contributed by atoms with Gasteiger partial charge >= 0.3 is 0 Å². The Hall–Kier alpha value is -4.89. The molecule has 3 aromatic heterocycles. The number of rotatable bonds is 9. The molecule has 9 heteroatoms. The minimum atomic E-state index is -0.429. The summed E-state index contributed by atoms with van der Waals surface area (Å²) >= 11 is 1.14. The van der Waals surface area contributed by atoms with Gasteiger partial charge in [0.25, 0.3) is 11.1 Å². The Labute approximate surface area is 246 Å². The first-order valence-electron chi connectivity index (χ1n) is 13.9. The van der Waals surface area contributed by atoms with Crippen molar-refractivity contribution in [2.45, 2.75) is 33.1 Å². The number of hydrogen-bond acceptors (Lipinski definition) is 7. The quantitative estimate of drug-likeness (QED) is 0.226. The third kappa shape index (κ3) is 5.77. The maximum atomic E-state index is 13.5. The summed E-state index contributed by atoms with van der Waals surface area (Å²) in [6.45, 7) is 4.81. The molecule has 0 unspecified atom stereocenters. The van der Waals surface area contributed by atoms with Gasteiger partial charge < -0.3 is 4.74 Å². The second-order valence-electron chi connectivity index (χ2n) is 10.1. The highest BCUT2D eigenvalue weighted by atomic mass is 32.1. The van der Waals surface area contributed by atoms with Crippen LogP contribution >= 0.6 is 11.3 Å². The highest BCUT2D eigenvalue weighted by Gasteiger charge is 2.15. The summed E-state index contributed by atoms with van der Waals surface area (Å²) in [5.74, 6) is 0.801. The number of hydrogen-bond donors (Lipinski definition) is 0. The Kier molecular flexibility index (Phi) is 7.74. The zero-order chi connectivity index (χ0) is 29.1. The molecule has 3 heterocycles. The number of ether oxygens (including phenoxy) is 1. The highest BCUT2D eigenvalue weighted by Crippen LogP contribution is 2.26. The zero-order valence-corrected chi connectivity index (χ0v) is 24.2. The van der Waals surface area contributed by atoms with Crippen molar-refractivity contribution in [3.8, 4) is 22.7 Å². The van der Waals surface area contributed by atoms with Crippen LogP contribution in [-0.4, -0.2) is 31.0 Å². The summed E-state index contributed by atoms with van der Waals surface area (Å²) in [6.07, 6.45) is 6.06. The van der Waals surface area contributed by atoms with E-state index < -0.39 is 5.56 Å². The van der Waals surface area contributed by atoms with Crippen LogP contribution in [0.2, 0.25) is 0 Å². The van der Waals surface area contributed by atoms with Crippen LogP contribution in [0.15, 0.2) is 94.6 Å². The predicted molar refractivity (Wildman–Crippen MR) is 166 cm³/mol. The first-order valence-corrected chi connectivity index (χ1v) is 14.7. The van der Waals surface area contributed by atoms with Gasteiger partial charge in [0.2, 0.25) is 4.96 Å². The molecule has 0 atom stereocenters. The van der Waals surface area contributed by atoms with E-state index >= 15 is 0 Å². The molecule has 6 aromatic rings. The molecule has 0 radical (unpaired) electrons. The molecular formula is C33H29N5O3S. The molecule has 210 valence electrons. The van der Waals surface area contributed by atoms with Crippen LogP contribution < -0.4 is 20.4 Å². The number of para-hydroxylation sites is 1. The summed E-state index contributed by atoms with van der Waals surface area (Å²) in [7, 11) is 0. The lowest BCUT2D eigenvalue weighted by Crippen LogP contribution is -2.28. The van der Waals surface area contributed by atoms with Crippen molar-refractivity contribution in [3.05, 3.63) is 133 Å². The topological polar surface area (TPSA) is 91.4 Å². The lowest BCUT2D eigenvalue weighted by molar-refractivity contribution is 0.309. The van der Waals surface area contributed by atoms with Crippen LogP contribution in [0.3, 0.4) is 0 Å². The van der Waals surface area contributed by atoms with Gasteiger partial charge in [-0.1, -0.05) is 72.7 Å². The van der Waals surface area contributed by atoms with Crippen molar-refractivity contribution in [1.82, 2.24) is 24.4 Å². The fourth-order valence-electron chi connectivity index (χ4n) is 4.57. The van der Waals surface area contributed by atoms with Crippen LogP contribution in [0.25, 0.3) is 28.0 Å². The number of aromatic nitrogens is 5. The van der Waals surface area contributed by atoms with Crippen LogP contribution in [-0.2, 0) is 6.42 Å². The molecule has 0 bridgehead atoms. The summed E-state index contributed by atoms with van der Waals surface area (Å²) in [6, 6.07) is 25.5. The van der Waals surface area contributed by atoms with Crippen molar-refractivity contribution >= 4 is 22.4 Å². The Bertz CT molecular complexity index is 2010. The lowest BCUT2D eigenvalue weighted by atomic mass is 10.1. The molecule has 42 heavy (non-hydrogen) atoms. The molecule has 0 aliphatic heterocycles. The predicted octanol–water partition coefficient (Wildman–Crippen LogP) is 4.99. The number of fused-ring (bicyclic) bond motifs is 1. The number of benzene rings is 3. The summed E-state index contributed by atoms with van der Waals surface area (Å²) in [5.41, 5.74) is 4.79. The van der Waals surface area contributed by atoms with E-state index in [0.717, 1.165) is 57.9 Å². The van der Waals surface area contributed by atoms with E-state index in [0.29, 0.717) is 23.3 Å². The van der Waals surface area contributed by atoms with E-state index in [2.05, 4.69) is 17.0 Å². The monoisotopic (exact) mass is 575 g/mol. The number of aryl methyl sites for hydroxylation is 1. The number of thiazole rings is 1. The van der Waals surface area contributed by atoms with Crippen LogP contribution in [0, 0.1) is 6.92 Å². The molecule has 0 saturated heterocycles. The molecule has 0 aliphatic carbocycles. The Balaban J connectivity index is 1.41. The van der Waals surface area contributed by atoms with Crippen molar-refractivity contribution in [2.24, 2.45) is 0 Å². The third-order valence-corrected chi connectivity index (χ3v) is 7.85. The molecular weight excluding hydrogens is 546 g/mol. The molecule has 0 spiro atoms. The average Bonchev–Trinajstić information content (AvgIpc) is 3.56. The van der Waals surface area contributed by atoms with Gasteiger partial charge in [-0.15, -0.1) is 0 Å². The van der Waals surface area contributed by atoms with E-state index in [9.17, 15) is 9.59 Å². The van der Waals surface area contributed by atoms with Crippen molar-refractivity contribution in [1.29, 1.82) is 0 Å². The van der Waals surface area contributed by atoms with Gasteiger partial charge in [-0.25, -0.2) is 4.68 Å². The third-order valence-electron chi connectivity index (χ3n) is 6.89. The van der Waals surface area contributed by atoms with E-state index in [-0.39, 0.29) is 16.2 Å². The Morgan fingerprint density at radius 2 is 1.69 bits per heavy atom. The number of unbranched alkanes of at least 4 members (excludes halogenated alkanes) is 1. The van der Waals surface area contributed by atoms with E-state index in [1.807, 2.05) is 92.0 Å². The van der Waals surface area contributed by atoms with Gasteiger partial charge in [0.1, 0.15) is 17.1 Å². The lowest BCUT2D eigenvalue weighted by Gasteiger charge is -2.06. The molecule has 6 rings (SSSR count). The SMILES string of the molecule is CCCCOc1ccc(-c2nn(-c3ccccc3)cc2/C=c2\sc3nc(=O)c(Cc4ccc(C)cc4)nn3c2=O)cc1. The standard InChI is InChI=1S/C33H29N5O3S/c1-3-4-18-41-27-16-14-24(15-17-27)30-25(21-37(36-30)26-8-6-5-7-9-26)20-29-32(40)38-33(42-29)34-31(39)28(35-38)19-23-12-10-22(2)11-13-23/h5-17,20-21H,3-4,18-19H2,1-2H3/b29-20-. The fourth-order valence-corrected chi connectivity index (χ4v) is 5.46. The second kappa shape index (κ2) is 11.9. The second-order valence-corrected chi connectivity index (χ2v) is 11.1. The normalized spacial score (nSPS) is 11.8. The van der Waals surface area contributed by atoms with Gasteiger partial charge in [-0.05, 0) is 61.4 Å². The summed E-state index contributed by atoms with van der Waals surface area (Å²) < 4.78 is 9.27. The van der Waals surface area contributed by atoms with E-state index in [1.165, 1.54) is 4.52 Å². The van der Waals surface area contributed by atoms with Crippen molar-refractivity contribution in [3.63, 3.8) is 0 Å². The van der Waals surface area contributed by atoms with Crippen LogP contribution in [0.1, 0.15) is 42.1 Å². The van der Waals surface area contributed by atoms with Gasteiger partial charge in [0, 0.05) is 23.7 Å².